The van der Waals surface area contributed by atoms with Crippen LogP contribution >= 0.6 is 0 Å². The van der Waals surface area contributed by atoms with Gasteiger partial charge in [0.15, 0.2) is 5.78 Å². The number of alkyl carbamates (subject to hydrolysis) is 1. The molecule has 0 saturated carbocycles. The smallest absolute Gasteiger partial charge is 0.419 e. The van der Waals surface area contributed by atoms with E-state index in [1.807, 2.05) is 0 Å². The molecule has 11 nitrogen and oxygen atoms in total. The standard InChI is InChI=1S/C31H37FN4O7/c1-31(2,3)43-30(41)36-23(17-21-16-22(32)13-14-25(21)36)19-35-15-9-10-20(28(35)39)18-26(37)24(33-29(40)42-6)11-7-8-12-27(38)34(4)5/h8-10,12-17,24H,7,11,18-19H2,1-6H3,(H,33,40)/b12-8+/t24-/m0/s1. The minimum absolute atomic E-state index is 0.0645. The van der Waals surface area contributed by atoms with E-state index < -0.39 is 41.0 Å². The zero-order valence-electron chi connectivity index (χ0n) is 25.2. The molecule has 3 aromatic rings. The number of carbonyl (C=O) groups is 4. The summed E-state index contributed by atoms with van der Waals surface area (Å²) in [7, 11) is 4.40. The van der Waals surface area contributed by atoms with Gasteiger partial charge in [-0.15, -0.1) is 0 Å². The minimum Gasteiger partial charge on any atom is -0.453 e. The summed E-state index contributed by atoms with van der Waals surface area (Å²) in [6, 6.07) is 7.75. The molecule has 12 heteroatoms. The topological polar surface area (TPSA) is 129 Å². The first-order chi connectivity index (χ1) is 20.2. The molecule has 3 rings (SSSR count). The van der Waals surface area contributed by atoms with Gasteiger partial charge in [-0.05, 0) is 70.0 Å². The Morgan fingerprint density at radius 1 is 1.12 bits per heavy atom. The second kappa shape index (κ2) is 14.0. The monoisotopic (exact) mass is 596 g/mol. The van der Waals surface area contributed by atoms with Gasteiger partial charge < -0.3 is 24.3 Å². The van der Waals surface area contributed by atoms with E-state index in [2.05, 4.69) is 10.1 Å². The van der Waals surface area contributed by atoms with E-state index in [1.165, 1.54) is 57.7 Å². The Morgan fingerprint density at radius 3 is 2.49 bits per heavy atom. The van der Waals surface area contributed by atoms with Gasteiger partial charge in [0.25, 0.3) is 5.56 Å². The zero-order valence-corrected chi connectivity index (χ0v) is 25.2. The number of ether oxygens (including phenoxy) is 2. The van der Waals surface area contributed by atoms with Crippen molar-refractivity contribution in [2.45, 2.75) is 58.2 Å². The number of nitrogens with zero attached hydrogens (tertiary/aromatic N) is 3. The van der Waals surface area contributed by atoms with Crippen LogP contribution in [0.15, 0.2) is 59.5 Å². The second-order valence-corrected chi connectivity index (χ2v) is 11.2. The van der Waals surface area contributed by atoms with Crippen LogP contribution in [0.4, 0.5) is 14.0 Å². The predicted molar refractivity (Wildman–Crippen MR) is 158 cm³/mol. The van der Waals surface area contributed by atoms with Crippen LogP contribution in [0, 0.1) is 5.82 Å². The Morgan fingerprint density at radius 2 is 1.84 bits per heavy atom. The van der Waals surface area contributed by atoms with Crippen molar-refractivity contribution < 1.29 is 33.0 Å². The molecule has 2 aromatic heterocycles. The SMILES string of the molecule is COC(=O)N[C@@H](CC/C=C/C(=O)N(C)C)C(=O)Cc1cccn(Cc2cc3cc(F)ccc3n2C(=O)OC(C)(C)C)c1=O. The lowest BCUT2D eigenvalue weighted by atomic mass is 10.0. The summed E-state index contributed by atoms with van der Waals surface area (Å²) in [5.41, 5.74) is -0.299. The predicted octanol–water partition coefficient (Wildman–Crippen LogP) is 4.03. The van der Waals surface area contributed by atoms with Crippen LogP contribution in [0.3, 0.4) is 0 Å². The molecule has 0 spiro atoms. The maximum absolute atomic E-state index is 14.0. The number of hydrogen-bond acceptors (Lipinski definition) is 7. The van der Waals surface area contributed by atoms with Crippen LogP contribution in [-0.2, 0) is 32.0 Å². The third kappa shape index (κ3) is 8.87. The lowest BCUT2D eigenvalue weighted by molar-refractivity contribution is -0.123. The number of ketones is 1. The molecule has 0 fully saturated rings. The van der Waals surface area contributed by atoms with Crippen LogP contribution in [-0.4, -0.2) is 70.8 Å². The Balaban J connectivity index is 1.88. The lowest BCUT2D eigenvalue weighted by Crippen LogP contribution is -2.42. The normalized spacial score (nSPS) is 12.3. The number of methoxy groups -OCH3 is 1. The first-order valence-electron chi connectivity index (χ1n) is 13.7. The summed E-state index contributed by atoms with van der Waals surface area (Å²) >= 11 is 0. The van der Waals surface area contributed by atoms with Gasteiger partial charge in [-0.3, -0.25) is 14.4 Å². The summed E-state index contributed by atoms with van der Waals surface area (Å²) in [5, 5.41) is 2.95. The Bertz CT molecular complexity index is 1600. The van der Waals surface area contributed by atoms with E-state index in [9.17, 15) is 28.4 Å². The fraction of sp³-hybridized carbons (Fsp3) is 0.387. The number of benzene rings is 1. The largest absolute Gasteiger partial charge is 0.453 e. The summed E-state index contributed by atoms with van der Waals surface area (Å²) in [4.78, 5) is 64.9. The summed E-state index contributed by atoms with van der Waals surface area (Å²) < 4.78 is 26.8. The Labute approximate surface area is 248 Å². The molecule has 0 bridgehead atoms. The van der Waals surface area contributed by atoms with Crippen molar-refractivity contribution in [1.82, 2.24) is 19.4 Å². The molecule has 0 aliphatic rings. The van der Waals surface area contributed by atoms with Gasteiger partial charge in [0, 0.05) is 43.4 Å². The molecule has 0 aliphatic carbocycles. The van der Waals surface area contributed by atoms with Crippen molar-refractivity contribution in [1.29, 1.82) is 0 Å². The van der Waals surface area contributed by atoms with Crippen molar-refractivity contribution in [3.8, 4) is 0 Å². The van der Waals surface area contributed by atoms with E-state index in [0.717, 1.165) is 0 Å². The maximum atomic E-state index is 14.0. The van der Waals surface area contributed by atoms with Crippen LogP contribution in [0.2, 0.25) is 0 Å². The second-order valence-electron chi connectivity index (χ2n) is 11.2. The average molecular weight is 597 g/mol. The number of fused-ring (bicyclic) bond motifs is 1. The molecule has 1 N–H and O–H groups in total. The molecule has 2 amide bonds. The number of nitrogens with one attached hydrogen (secondary N) is 1. The zero-order chi connectivity index (χ0) is 31.9. The highest BCUT2D eigenvalue weighted by atomic mass is 19.1. The fourth-order valence-electron chi connectivity index (χ4n) is 4.32. The van der Waals surface area contributed by atoms with Crippen molar-refractivity contribution >= 4 is 34.8 Å². The molecule has 0 saturated heterocycles. The van der Waals surface area contributed by atoms with Gasteiger partial charge in [-0.2, -0.15) is 0 Å². The number of aromatic nitrogens is 2. The fourth-order valence-corrected chi connectivity index (χ4v) is 4.32. The number of rotatable bonds is 10. The molecule has 0 aliphatic heterocycles. The molecule has 0 unspecified atom stereocenters. The molecule has 1 aromatic carbocycles. The number of pyridine rings is 1. The summed E-state index contributed by atoms with van der Waals surface area (Å²) in [5.74, 6) is -1.12. The van der Waals surface area contributed by atoms with Crippen molar-refractivity contribution in [3.05, 3.63) is 82.2 Å². The number of Topliss-reactive ketones (excluding diaryl/α,β-unsaturated/α-hetero) is 1. The van der Waals surface area contributed by atoms with Gasteiger partial charge in [0.05, 0.1) is 25.2 Å². The number of amides is 2. The molecule has 2 heterocycles. The van der Waals surface area contributed by atoms with Crippen molar-refractivity contribution in [2.24, 2.45) is 0 Å². The first kappa shape index (κ1) is 32.8. The molecule has 0 radical (unpaired) electrons. The number of carbonyl (C=O) groups excluding carboxylic acids is 4. The summed E-state index contributed by atoms with van der Waals surface area (Å²) in [6.45, 7) is 5.11. The highest BCUT2D eigenvalue weighted by Gasteiger charge is 2.24. The number of hydrogen-bond donors (Lipinski definition) is 1. The number of halogens is 1. The van der Waals surface area contributed by atoms with Crippen molar-refractivity contribution in [2.75, 3.05) is 21.2 Å². The first-order valence-corrected chi connectivity index (χ1v) is 13.7. The summed E-state index contributed by atoms with van der Waals surface area (Å²) in [6.07, 6.45) is 3.23. The molecule has 230 valence electrons. The van der Waals surface area contributed by atoms with E-state index in [4.69, 9.17) is 4.74 Å². The highest BCUT2D eigenvalue weighted by molar-refractivity contribution is 5.91. The number of likely N-dealkylation sites (N-methyl/N-ethyl adjacent to an activating group) is 1. The quantitative estimate of drug-likeness (QED) is 0.350. The molecular weight excluding hydrogens is 559 g/mol. The lowest BCUT2D eigenvalue weighted by Gasteiger charge is -2.21. The van der Waals surface area contributed by atoms with Crippen LogP contribution in [0.25, 0.3) is 10.9 Å². The number of allylic oxidation sites excluding steroid dienone is 1. The van der Waals surface area contributed by atoms with Gasteiger partial charge in [0.1, 0.15) is 11.4 Å². The third-order valence-corrected chi connectivity index (χ3v) is 6.40. The van der Waals surface area contributed by atoms with Crippen LogP contribution < -0.4 is 10.9 Å². The van der Waals surface area contributed by atoms with Gasteiger partial charge >= 0.3 is 12.2 Å². The van der Waals surface area contributed by atoms with E-state index in [-0.39, 0.29) is 30.9 Å². The average Bonchev–Trinajstić information content (AvgIpc) is 3.28. The Hall–Kier alpha value is -4.74. The molecule has 43 heavy (non-hydrogen) atoms. The van der Waals surface area contributed by atoms with Gasteiger partial charge in [-0.25, -0.2) is 18.5 Å². The highest BCUT2D eigenvalue weighted by Crippen LogP contribution is 2.23. The van der Waals surface area contributed by atoms with E-state index >= 15 is 0 Å². The van der Waals surface area contributed by atoms with Gasteiger partial charge in [0.2, 0.25) is 5.91 Å². The maximum Gasteiger partial charge on any atom is 0.419 e. The van der Waals surface area contributed by atoms with Gasteiger partial charge in [-0.1, -0.05) is 12.1 Å². The minimum atomic E-state index is -0.968. The van der Waals surface area contributed by atoms with E-state index in [1.54, 1.807) is 53.1 Å². The van der Waals surface area contributed by atoms with E-state index in [0.29, 0.717) is 23.0 Å². The van der Waals surface area contributed by atoms with Crippen LogP contribution in [0.1, 0.15) is 44.9 Å². The molecule has 1 atom stereocenters. The molecular formula is C31H37FN4O7. The van der Waals surface area contributed by atoms with Crippen LogP contribution in [0.5, 0.6) is 0 Å². The third-order valence-electron chi connectivity index (χ3n) is 6.40. The van der Waals surface area contributed by atoms with Crippen molar-refractivity contribution in [3.63, 3.8) is 0 Å². The Kier molecular flexibility index (Phi) is 10.6.